The van der Waals surface area contributed by atoms with Crippen molar-refractivity contribution >= 4 is 5.69 Å². The van der Waals surface area contributed by atoms with E-state index in [4.69, 9.17) is 0 Å². The Bertz CT molecular complexity index is 662. The first kappa shape index (κ1) is 12.0. The number of para-hydroxylation sites is 1. The van der Waals surface area contributed by atoms with Crippen LogP contribution < -0.4 is 4.90 Å². The molecule has 1 saturated carbocycles. The molecular weight excluding hydrogens is 246 g/mol. The molecule has 2 nitrogen and oxygen atoms in total. The molecule has 20 heavy (non-hydrogen) atoms. The summed E-state index contributed by atoms with van der Waals surface area (Å²) in [6.07, 6.45) is 2.23. The number of hydrogen-bond donors (Lipinski definition) is 1. The molecule has 1 fully saturated rings. The number of benzene rings is 2. The Hall–Kier alpha value is -1.80. The summed E-state index contributed by atoms with van der Waals surface area (Å²) in [5.41, 5.74) is 3.73. The number of aliphatic hydroxyl groups is 1. The number of nitrogens with zero attached hydrogens (tertiary/aromatic N) is 1. The number of fused-ring (bicyclic) bond motifs is 2. The number of anilines is 1. The van der Waals surface area contributed by atoms with Gasteiger partial charge in [-0.05, 0) is 36.0 Å². The van der Waals surface area contributed by atoms with Crippen LogP contribution in [0.3, 0.4) is 0 Å². The van der Waals surface area contributed by atoms with Crippen molar-refractivity contribution in [2.24, 2.45) is 5.92 Å². The van der Waals surface area contributed by atoms with Crippen LogP contribution in [0.25, 0.3) is 0 Å². The average Bonchev–Trinajstić information content (AvgIpc) is 3.31. The molecule has 0 spiro atoms. The molecule has 1 aliphatic heterocycles. The van der Waals surface area contributed by atoms with Gasteiger partial charge in [-0.2, -0.15) is 0 Å². The summed E-state index contributed by atoms with van der Waals surface area (Å²) in [6.45, 7) is 0.849. The Balaban J connectivity index is 2.04. The predicted octanol–water partition coefficient (Wildman–Crippen LogP) is 3.28. The Morgan fingerprint density at radius 3 is 2.40 bits per heavy atom. The molecule has 4 rings (SSSR count). The Morgan fingerprint density at radius 2 is 1.65 bits per heavy atom. The maximum Gasteiger partial charge on any atom is 0.120 e. The highest BCUT2D eigenvalue weighted by Crippen LogP contribution is 2.53. The van der Waals surface area contributed by atoms with Gasteiger partial charge in [-0.1, -0.05) is 42.5 Å². The third-order valence-corrected chi connectivity index (χ3v) is 4.73. The van der Waals surface area contributed by atoms with Gasteiger partial charge >= 0.3 is 0 Å². The molecule has 2 heteroatoms. The lowest BCUT2D eigenvalue weighted by atomic mass is 9.80. The van der Waals surface area contributed by atoms with Crippen molar-refractivity contribution in [1.82, 2.24) is 0 Å². The van der Waals surface area contributed by atoms with Crippen LogP contribution in [0.15, 0.2) is 48.5 Å². The van der Waals surface area contributed by atoms with Gasteiger partial charge in [0.25, 0.3) is 0 Å². The summed E-state index contributed by atoms with van der Waals surface area (Å²) in [5.74, 6) is 0.358. The Kier molecular flexibility index (Phi) is 2.45. The second kappa shape index (κ2) is 4.10. The molecule has 1 atom stereocenters. The quantitative estimate of drug-likeness (QED) is 0.855. The molecule has 0 aromatic heterocycles. The fourth-order valence-corrected chi connectivity index (χ4v) is 3.59. The zero-order chi connectivity index (χ0) is 13.7. The van der Waals surface area contributed by atoms with E-state index < -0.39 is 5.60 Å². The minimum atomic E-state index is -0.821. The van der Waals surface area contributed by atoms with Gasteiger partial charge in [-0.25, -0.2) is 0 Å². The lowest BCUT2D eigenvalue weighted by molar-refractivity contribution is 0.0570. The zero-order valence-electron chi connectivity index (χ0n) is 11.7. The lowest BCUT2D eigenvalue weighted by Gasteiger charge is -2.31. The molecule has 102 valence electrons. The number of rotatable bonds is 1. The summed E-state index contributed by atoms with van der Waals surface area (Å²) in [6, 6.07) is 16.7. The van der Waals surface area contributed by atoms with Gasteiger partial charge in [0, 0.05) is 24.8 Å². The van der Waals surface area contributed by atoms with Gasteiger partial charge < -0.3 is 10.0 Å². The van der Waals surface area contributed by atoms with Gasteiger partial charge in [0.05, 0.1) is 0 Å². The van der Waals surface area contributed by atoms with Crippen molar-refractivity contribution in [3.63, 3.8) is 0 Å². The van der Waals surface area contributed by atoms with Crippen molar-refractivity contribution < 1.29 is 5.11 Å². The monoisotopic (exact) mass is 265 g/mol. The fourth-order valence-electron chi connectivity index (χ4n) is 3.59. The molecule has 2 aromatic carbocycles. The molecule has 0 radical (unpaired) electrons. The second-order valence-corrected chi connectivity index (χ2v) is 6.07. The molecule has 1 unspecified atom stereocenters. The molecule has 1 N–H and O–H groups in total. The van der Waals surface area contributed by atoms with Crippen molar-refractivity contribution in [2.75, 3.05) is 11.9 Å². The van der Waals surface area contributed by atoms with Crippen molar-refractivity contribution in [2.45, 2.75) is 25.0 Å². The van der Waals surface area contributed by atoms with Crippen molar-refractivity contribution in [3.8, 4) is 0 Å². The van der Waals surface area contributed by atoms with E-state index in [9.17, 15) is 5.11 Å². The number of hydrogen-bond acceptors (Lipinski definition) is 2. The van der Waals surface area contributed by atoms with Crippen LogP contribution in [0.1, 0.15) is 29.5 Å². The molecule has 1 heterocycles. The highest BCUT2D eigenvalue weighted by atomic mass is 16.3. The van der Waals surface area contributed by atoms with Crippen LogP contribution in [0.5, 0.6) is 0 Å². The Morgan fingerprint density at radius 1 is 1.00 bits per heavy atom. The molecule has 1 aliphatic carbocycles. The van der Waals surface area contributed by atoms with E-state index in [-0.39, 0.29) is 0 Å². The van der Waals surface area contributed by atoms with Gasteiger partial charge in [0.1, 0.15) is 5.60 Å². The summed E-state index contributed by atoms with van der Waals surface area (Å²) >= 11 is 0. The van der Waals surface area contributed by atoms with E-state index in [0.717, 1.165) is 36.2 Å². The van der Waals surface area contributed by atoms with E-state index in [1.807, 2.05) is 12.1 Å². The first-order chi connectivity index (χ1) is 9.71. The van der Waals surface area contributed by atoms with E-state index in [0.29, 0.717) is 5.92 Å². The summed E-state index contributed by atoms with van der Waals surface area (Å²) < 4.78 is 0. The van der Waals surface area contributed by atoms with Crippen LogP contribution >= 0.6 is 0 Å². The highest BCUT2D eigenvalue weighted by Gasteiger charge is 2.49. The minimum Gasteiger partial charge on any atom is -0.380 e. The standard InChI is InChI=1S/C18H19NO/c1-19-12-13-6-2-3-7-15(13)18(20,14-10-11-14)16-8-4-5-9-17(16)19/h2-9,14,20H,10-12H2,1H3. The first-order valence-corrected chi connectivity index (χ1v) is 7.32. The normalized spacial score (nSPS) is 24.8. The van der Waals surface area contributed by atoms with E-state index in [1.165, 1.54) is 5.56 Å². The Labute approximate surface area is 119 Å². The minimum absolute atomic E-state index is 0.358. The molecule has 2 aromatic rings. The second-order valence-electron chi connectivity index (χ2n) is 6.07. The van der Waals surface area contributed by atoms with Crippen molar-refractivity contribution in [3.05, 3.63) is 65.2 Å². The van der Waals surface area contributed by atoms with Gasteiger partial charge in [-0.15, -0.1) is 0 Å². The van der Waals surface area contributed by atoms with E-state index in [2.05, 4.69) is 48.3 Å². The van der Waals surface area contributed by atoms with Crippen molar-refractivity contribution in [1.29, 1.82) is 0 Å². The molecule has 0 saturated heterocycles. The van der Waals surface area contributed by atoms with Gasteiger partial charge in [-0.3, -0.25) is 0 Å². The van der Waals surface area contributed by atoms with Crippen LogP contribution in [-0.4, -0.2) is 12.2 Å². The van der Waals surface area contributed by atoms with Gasteiger partial charge in [0.2, 0.25) is 0 Å². The van der Waals surface area contributed by atoms with Crippen LogP contribution in [0, 0.1) is 5.92 Å². The smallest absolute Gasteiger partial charge is 0.120 e. The topological polar surface area (TPSA) is 23.5 Å². The first-order valence-electron chi connectivity index (χ1n) is 7.32. The fraction of sp³-hybridized carbons (Fsp3) is 0.333. The SMILES string of the molecule is CN1Cc2ccccc2C(O)(C2CC2)c2ccccc21. The van der Waals surface area contributed by atoms with Crippen LogP contribution in [0.2, 0.25) is 0 Å². The van der Waals surface area contributed by atoms with Crippen LogP contribution in [0.4, 0.5) is 5.69 Å². The lowest BCUT2D eigenvalue weighted by Crippen LogP contribution is -2.30. The summed E-state index contributed by atoms with van der Waals surface area (Å²) in [5, 5.41) is 11.6. The molecule has 0 bridgehead atoms. The van der Waals surface area contributed by atoms with Gasteiger partial charge in [0.15, 0.2) is 0 Å². The van der Waals surface area contributed by atoms with E-state index in [1.54, 1.807) is 0 Å². The van der Waals surface area contributed by atoms with Crippen LogP contribution in [-0.2, 0) is 12.1 Å². The molecular formula is C18H19NO. The maximum absolute atomic E-state index is 11.6. The summed E-state index contributed by atoms with van der Waals surface area (Å²) in [7, 11) is 2.11. The summed E-state index contributed by atoms with van der Waals surface area (Å²) in [4.78, 5) is 2.24. The largest absolute Gasteiger partial charge is 0.380 e. The third kappa shape index (κ3) is 1.55. The zero-order valence-corrected chi connectivity index (χ0v) is 11.7. The molecule has 0 amide bonds. The highest BCUT2D eigenvalue weighted by molar-refractivity contribution is 5.62. The third-order valence-electron chi connectivity index (χ3n) is 4.73. The molecule has 2 aliphatic rings. The predicted molar refractivity (Wildman–Crippen MR) is 80.7 cm³/mol. The average molecular weight is 265 g/mol. The maximum atomic E-state index is 11.6. The van der Waals surface area contributed by atoms with E-state index >= 15 is 0 Å².